The van der Waals surface area contributed by atoms with Crippen LogP contribution in [0.15, 0.2) is 60.8 Å². The average molecular weight is 186 g/mol. The summed E-state index contributed by atoms with van der Waals surface area (Å²) in [4.78, 5) is 0. The summed E-state index contributed by atoms with van der Waals surface area (Å²) in [6.07, 6.45) is 26.0. The normalized spacial score (nSPS) is 27.4. The fraction of sp³-hybridized carbons (Fsp3) is 0.286. The first-order valence-corrected chi connectivity index (χ1v) is 5.30. The summed E-state index contributed by atoms with van der Waals surface area (Å²) in [7, 11) is 0. The molecule has 0 heterocycles. The summed E-state index contributed by atoms with van der Waals surface area (Å²) in [6, 6.07) is 0. The van der Waals surface area contributed by atoms with Gasteiger partial charge in [-0.2, -0.15) is 0 Å². The van der Waals surface area contributed by atoms with Gasteiger partial charge in [0, 0.05) is 0 Å². The Morgan fingerprint density at radius 2 is 1.14 bits per heavy atom. The van der Waals surface area contributed by atoms with Crippen LogP contribution >= 0.6 is 0 Å². The summed E-state index contributed by atoms with van der Waals surface area (Å²) in [5.74, 6) is 0. The molecule has 0 aromatic carbocycles. The lowest BCUT2D eigenvalue weighted by atomic mass is 10.2. The van der Waals surface area contributed by atoms with Gasteiger partial charge in [-0.3, -0.25) is 0 Å². The number of rotatable bonds is 0. The van der Waals surface area contributed by atoms with Crippen molar-refractivity contribution >= 4 is 0 Å². The summed E-state index contributed by atoms with van der Waals surface area (Å²) >= 11 is 0. The number of hydrogen-bond acceptors (Lipinski definition) is 0. The van der Waals surface area contributed by atoms with Crippen molar-refractivity contribution in [3.63, 3.8) is 0 Å². The van der Waals surface area contributed by atoms with Crippen molar-refractivity contribution in [1.82, 2.24) is 0 Å². The van der Waals surface area contributed by atoms with Crippen molar-refractivity contribution < 1.29 is 0 Å². The molecule has 0 atom stereocenters. The first kappa shape index (κ1) is 10.8. The molecule has 0 aromatic rings. The van der Waals surface area contributed by atoms with Gasteiger partial charge < -0.3 is 0 Å². The molecule has 0 fully saturated rings. The van der Waals surface area contributed by atoms with E-state index >= 15 is 0 Å². The molecule has 0 saturated heterocycles. The molecule has 0 spiro atoms. The van der Waals surface area contributed by atoms with E-state index in [1.165, 1.54) is 19.3 Å². The minimum Gasteiger partial charge on any atom is -0.0882 e. The molecule has 14 heavy (non-hydrogen) atoms. The standard InChI is InChI=1S/C14H18/c1-2-4-6-8-10-12-14-13-11-9-7-5-3-1/h1-8,11,13H,9-10,12,14H2/b3-1+,4-2-,7-5-,8-6?,13-11-. The summed E-state index contributed by atoms with van der Waals surface area (Å²) in [6.45, 7) is 0. The predicted molar refractivity (Wildman–Crippen MR) is 64.2 cm³/mol. The quantitative estimate of drug-likeness (QED) is 0.494. The van der Waals surface area contributed by atoms with Gasteiger partial charge in [0.15, 0.2) is 0 Å². The molecule has 0 unspecified atom stereocenters. The van der Waals surface area contributed by atoms with Crippen LogP contribution in [-0.4, -0.2) is 0 Å². The Hall–Kier alpha value is -1.30. The van der Waals surface area contributed by atoms with E-state index in [-0.39, 0.29) is 0 Å². The van der Waals surface area contributed by atoms with Gasteiger partial charge in [0.25, 0.3) is 0 Å². The molecule has 0 amide bonds. The van der Waals surface area contributed by atoms with Gasteiger partial charge >= 0.3 is 0 Å². The predicted octanol–water partition coefficient (Wildman–Crippen LogP) is 4.34. The highest BCUT2D eigenvalue weighted by Crippen LogP contribution is 2.00. The third kappa shape index (κ3) is 6.24. The zero-order valence-corrected chi connectivity index (χ0v) is 8.60. The van der Waals surface area contributed by atoms with Crippen LogP contribution in [0.4, 0.5) is 0 Å². The van der Waals surface area contributed by atoms with Crippen molar-refractivity contribution in [2.75, 3.05) is 0 Å². The molecule has 0 bridgehead atoms. The van der Waals surface area contributed by atoms with E-state index < -0.39 is 0 Å². The summed E-state index contributed by atoms with van der Waals surface area (Å²) in [5, 5.41) is 0. The van der Waals surface area contributed by atoms with E-state index in [0.717, 1.165) is 6.42 Å². The first-order valence-electron chi connectivity index (χ1n) is 5.30. The van der Waals surface area contributed by atoms with Gasteiger partial charge in [-0.1, -0.05) is 60.8 Å². The lowest BCUT2D eigenvalue weighted by Gasteiger charge is -1.89. The highest BCUT2D eigenvalue weighted by molar-refractivity contribution is 5.15. The van der Waals surface area contributed by atoms with E-state index in [2.05, 4.69) is 60.8 Å². The SMILES string of the molecule is C1=CCCC/C=C\C\C=C/C=C/C=C\1. The molecule has 0 aromatic heterocycles. The molecule has 1 rings (SSSR count). The van der Waals surface area contributed by atoms with E-state index in [4.69, 9.17) is 0 Å². The Kier molecular flexibility index (Phi) is 6.39. The smallest absolute Gasteiger partial charge is 0.0166 e. The van der Waals surface area contributed by atoms with Crippen LogP contribution in [-0.2, 0) is 0 Å². The molecular weight excluding hydrogens is 168 g/mol. The summed E-state index contributed by atoms with van der Waals surface area (Å²) in [5.41, 5.74) is 0. The Labute approximate surface area is 87.0 Å². The molecule has 0 heteroatoms. The van der Waals surface area contributed by atoms with Crippen LogP contribution in [0.25, 0.3) is 0 Å². The van der Waals surface area contributed by atoms with Crippen LogP contribution in [0.2, 0.25) is 0 Å². The minimum absolute atomic E-state index is 1.05. The third-order valence-electron chi connectivity index (χ3n) is 2.01. The van der Waals surface area contributed by atoms with Gasteiger partial charge in [0.2, 0.25) is 0 Å². The number of allylic oxidation sites excluding steroid dienone is 10. The second-order valence-corrected chi connectivity index (χ2v) is 3.26. The Morgan fingerprint density at radius 3 is 2.00 bits per heavy atom. The molecule has 0 N–H and O–H groups in total. The van der Waals surface area contributed by atoms with Crippen molar-refractivity contribution in [2.45, 2.75) is 25.7 Å². The van der Waals surface area contributed by atoms with E-state index in [1.54, 1.807) is 0 Å². The van der Waals surface area contributed by atoms with E-state index in [1.807, 2.05) is 0 Å². The second kappa shape index (κ2) is 8.31. The van der Waals surface area contributed by atoms with Crippen LogP contribution in [0.1, 0.15) is 25.7 Å². The fourth-order valence-corrected chi connectivity index (χ4v) is 1.23. The zero-order valence-electron chi connectivity index (χ0n) is 8.60. The minimum atomic E-state index is 1.05. The lowest BCUT2D eigenvalue weighted by Crippen LogP contribution is -1.69. The van der Waals surface area contributed by atoms with Gasteiger partial charge in [-0.05, 0) is 25.7 Å². The van der Waals surface area contributed by atoms with E-state index in [0.29, 0.717) is 0 Å². The second-order valence-electron chi connectivity index (χ2n) is 3.26. The number of hydrogen-bond donors (Lipinski definition) is 0. The molecule has 0 aliphatic heterocycles. The largest absolute Gasteiger partial charge is 0.0882 e. The molecule has 74 valence electrons. The van der Waals surface area contributed by atoms with Gasteiger partial charge in [-0.15, -0.1) is 0 Å². The fourth-order valence-electron chi connectivity index (χ4n) is 1.23. The van der Waals surface area contributed by atoms with Gasteiger partial charge in [0.1, 0.15) is 0 Å². The summed E-state index contributed by atoms with van der Waals surface area (Å²) < 4.78 is 0. The first-order chi connectivity index (χ1) is 7.00. The van der Waals surface area contributed by atoms with Crippen molar-refractivity contribution in [3.8, 4) is 0 Å². The molecule has 1 aliphatic rings. The molecular formula is C14H18. The third-order valence-corrected chi connectivity index (χ3v) is 2.01. The Morgan fingerprint density at radius 1 is 0.500 bits per heavy atom. The maximum atomic E-state index is 2.27. The maximum absolute atomic E-state index is 2.27. The molecule has 0 nitrogen and oxygen atoms in total. The Balaban J connectivity index is 2.46. The van der Waals surface area contributed by atoms with Gasteiger partial charge in [-0.25, -0.2) is 0 Å². The lowest BCUT2D eigenvalue weighted by molar-refractivity contribution is 0.866. The molecule has 1 aliphatic carbocycles. The van der Waals surface area contributed by atoms with Crippen molar-refractivity contribution in [3.05, 3.63) is 60.8 Å². The van der Waals surface area contributed by atoms with Crippen LogP contribution in [0, 0.1) is 0 Å². The molecule has 0 saturated carbocycles. The van der Waals surface area contributed by atoms with Crippen LogP contribution < -0.4 is 0 Å². The highest BCUT2D eigenvalue weighted by Gasteiger charge is 1.79. The van der Waals surface area contributed by atoms with Crippen molar-refractivity contribution in [2.24, 2.45) is 0 Å². The van der Waals surface area contributed by atoms with Gasteiger partial charge in [0.05, 0.1) is 0 Å². The maximum Gasteiger partial charge on any atom is -0.0166 e. The molecule has 0 radical (unpaired) electrons. The average Bonchev–Trinajstić information content (AvgIpc) is 2.22. The Bertz CT molecular complexity index is 262. The van der Waals surface area contributed by atoms with E-state index in [9.17, 15) is 0 Å². The zero-order chi connectivity index (χ0) is 9.90. The monoisotopic (exact) mass is 186 g/mol. The van der Waals surface area contributed by atoms with Crippen molar-refractivity contribution in [1.29, 1.82) is 0 Å². The topological polar surface area (TPSA) is 0 Å². The van der Waals surface area contributed by atoms with Crippen LogP contribution in [0.5, 0.6) is 0 Å². The highest BCUT2D eigenvalue weighted by atomic mass is 13.9. The van der Waals surface area contributed by atoms with Crippen LogP contribution in [0.3, 0.4) is 0 Å².